The maximum atomic E-state index is 14.0. The molecule has 0 aromatic heterocycles. The number of carbonyl (C=O) groups is 5. The molecule has 0 spiro atoms. The van der Waals surface area contributed by atoms with Crippen LogP contribution in [0.1, 0.15) is 54.1 Å². The summed E-state index contributed by atoms with van der Waals surface area (Å²) in [5.41, 5.74) is 5.00. The first kappa shape index (κ1) is 29.3. The smallest absolute Gasteiger partial charge is 0.235 e. The molecule has 0 radical (unpaired) electrons. The average molecular weight is 569 g/mol. The number of ketones is 4. The molecule has 1 saturated heterocycles. The molecule has 1 aromatic carbocycles. The first-order valence-corrected chi connectivity index (χ1v) is 14.4. The lowest BCUT2D eigenvalue weighted by Gasteiger charge is -2.52. The van der Waals surface area contributed by atoms with Crippen molar-refractivity contribution in [2.45, 2.75) is 63.3 Å². The predicted octanol–water partition coefficient (Wildman–Crippen LogP) is 0.307. The summed E-state index contributed by atoms with van der Waals surface area (Å²) in [6, 6.07) is 0.851. The van der Waals surface area contributed by atoms with Gasteiger partial charge in [-0.15, -0.1) is 0 Å². The number of nitrogens with zero attached hydrogens (tertiary/aromatic N) is 3. The van der Waals surface area contributed by atoms with Crippen LogP contribution in [0.3, 0.4) is 0 Å². The zero-order valence-corrected chi connectivity index (χ0v) is 24.3. The maximum Gasteiger partial charge on any atom is 0.235 e. The van der Waals surface area contributed by atoms with Gasteiger partial charge in [-0.3, -0.25) is 33.8 Å². The third-order valence-corrected chi connectivity index (χ3v) is 9.87. The van der Waals surface area contributed by atoms with Crippen molar-refractivity contribution in [3.63, 3.8) is 0 Å². The summed E-state index contributed by atoms with van der Waals surface area (Å²) < 4.78 is 0. The first-order valence-electron chi connectivity index (χ1n) is 14.4. The normalized spacial score (nSPS) is 33.8. The van der Waals surface area contributed by atoms with Gasteiger partial charge in [-0.25, -0.2) is 0 Å². The standard InChI is InChI=1S/C30H40N4O7/c1-14-8-6-7-9-34(14)13-16-12-19(35)21-17(23(16)32(2)3)10-15-11-18-24(33(4)5)26(37)22(29(31)40)28(39)30(18,41)27(38)20(15)25(21)36/h12,14-15,18,20,22,24,35,41H,6-11,13H2,1-5H3,(H2,31,40)/t14-,15-,18-,20?,22?,24-,30-/m0/s1. The molecule has 3 fully saturated rings. The molecular formula is C30H40N4O7. The highest BCUT2D eigenvalue weighted by molar-refractivity contribution is 6.32. The summed E-state index contributed by atoms with van der Waals surface area (Å²) in [4.78, 5) is 72.7. The van der Waals surface area contributed by atoms with Crippen molar-refractivity contribution in [1.29, 1.82) is 0 Å². The van der Waals surface area contributed by atoms with E-state index in [1.165, 1.54) is 11.3 Å². The number of carbonyl (C=O) groups excluding carboxylic acids is 5. The molecule has 2 unspecified atom stereocenters. The van der Waals surface area contributed by atoms with E-state index in [0.717, 1.165) is 30.6 Å². The fourth-order valence-electron chi connectivity index (χ4n) is 8.02. The zero-order chi connectivity index (χ0) is 30.1. The number of aliphatic hydroxyl groups is 1. The summed E-state index contributed by atoms with van der Waals surface area (Å²) >= 11 is 0. The molecule has 1 aliphatic heterocycles. The third kappa shape index (κ3) is 4.31. The number of phenols is 1. The number of nitrogens with two attached hydrogens (primary N) is 1. The Morgan fingerprint density at radius 3 is 2.39 bits per heavy atom. The fourth-order valence-corrected chi connectivity index (χ4v) is 8.02. The van der Waals surface area contributed by atoms with Crippen LogP contribution in [0.15, 0.2) is 6.07 Å². The Kier molecular flexibility index (Phi) is 7.36. The van der Waals surface area contributed by atoms with Crippen molar-refractivity contribution in [3.05, 3.63) is 22.8 Å². The van der Waals surface area contributed by atoms with Gasteiger partial charge in [0.05, 0.1) is 17.5 Å². The number of anilines is 1. The van der Waals surface area contributed by atoms with Crippen LogP contribution < -0.4 is 10.6 Å². The highest BCUT2D eigenvalue weighted by Gasteiger charge is 2.69. The lowest BCUT2D eigenvalue weighted by atomic mass is 9.52. The molecule has 41 heavy (non-hydrogen) atoms. The Bertz CT molecular complexity index is 1340. The molecule has 4 aliphatic rings. The van der Waals surface area contributed by atoms with Gasteiger partial charge >= 0.3 is 0 Å². The van der Waals surface area contributed by atoms with Gasteiger partial charge in [-0.2, -0.15) is 0 Å². The van der Waals surface area contributed by atoms with Crippen molar-refractivity contribution in [2.75, 3.05) is 39.6 Å². The molecule has 3 aliphatic carbocycles. The van der Waals surface area contributed by atoms with E-state index in [9.17, 15) is 34.2 Å². The number of likely N-dealkylation sites (N-methyl/N-ethyl adjacent to an activating group) is 1. The van der Waals surface area contributed by atoms with Crippen LogP contribution in [0.25, 0.3) is 0 Å². The molecule has 1 heterocycles. The molecule has 0 bridgehead atoms. The monoisotopic (exact) mass is 568 g/mol. The van der Waals surface area contributed by atoms with Crippen LogP contribution in [0.2, 0.25) is 0 Å². The van der Waals surface area contributed by atoms with Crippen LogP contribution in [-0.4, -0.2) is 101 Å². The number of fused-ring (bicyclic) bond motifs is 3. The number of hydrogen-bond donors (Lipinski definition) is 3. The number of piperidine rings is 1. The summed E-state index contributed by atoms with van der Waals surface area (Å²) in [5, 5.41) is 22.9. The molecule has 11 heteroatoms. The number of primary amides is 1. The van der Waals surface area contributed by atoms with Gasteiger partial charge in [0.1, 0.15) is 5.75 Å². The van der Waals surface area contributed by atoms with Crippen LogP contribution in [-0.2, 0) is 32.1 Å². The predicted molar refractivity (Wildman–Crippen MR) is 149 cm³/mol. The molecule has 5 rings (SSSR count). The first-order chi connectivity index (χ1) is 19.2. The Morgan fingerprint density at radius 1 is 1.12 bits per heavy atom. The lowest BCUT2D eigenvalue weighted by Crippen LogP contribution is -2.74. The van der Waals surface area contributed by atoms with Crippen LogP contribution in [0, 0.1) is 23.7 Å². The number of aromatic hydroxyl groups is 1. The Balaban J connectivity index is 1.61. The van der Waals surface area contributed by atoms with Crippen molar-refractivity contribution in [3.8, 4) is 5.75 Å². The molecular weight excluding hydrogens is 528 g/mol. The van der Waals surface area contributed by atoms with Gasteiger partial charge in [0.25, 0.3) is 0 Å². The van der Waals surface area contributed by atoms with Crippen LogP contribution >= 0.6 is 0 Å². The minimum Gasteiger partial charge on any atom is -0.507 e. The van der Waals surface area contributed by atoms with Crippen LogP contribution in [0.5, 0.6) is 5.75 Å². The highest BCUT2D eigenvalue weighted by atomic mass is 16.3. The topological polar surface area (TPSA) is 162 Å². The van der Waals surface area contributed by atoms with Crippen molar-refractivity contribution in [2.24, 2.45) is 29.4 Å². The molecule has 7 atom stereocenters. The average Bonchev–Trinajstić information content (AvgIpc) is 2.86. The fraction of sp³-hybridized carbons (Fsp3) is 0.633. The van der Waals surface area contributed by atoms with Crippen LogP contribution in [0.4, 0.5) is 5.69 Å². The van der Waals surface area contributed by atoms with E-state index in [-0.39, 0.29) is 24.2 Å². The Hall–Kier alpha value is -3.15. The summed E-state index contributed by atoms with van der Waals surface area (Å²) in [6.45, 7) is 3.72. The SMILES string of the molecule is C[C@H]1CCCCN1Cc1cc(O)c2c(c1N(C)C)C[C@H]1C[C@H]3[C@H](N(C)C)C(=O)C(C(N)=O)C(=O)[C@@]3(O)C(=O)C1C2=O. The van der Waals surface area contributed by atoms with E-state index in [1.54, 1.807) is 20.2 Å². The highest BCUT2D eigenvalue weighted by Crippen LogP contribution is 2.52. The van der Waals surface area contributed by atoms with E-state index >= 15 is 0 Å². The minimum atomic E-state index is -2.72. The largest absolute Gasteiger partial charge is 0.507 e. The van der Waals surface area contributed by atoms with E-state index in [4.69, 9.17) is 5.73 Å². The quantitative estimate of drug-likeness (QED) is 0.422. The van der Waals surface area contributed by atoms with Crippen molar-refractivity contribution >= 4 is 34.7 Å². The minimum absolute atomic E-state index is 0.0238. The number of likely N-dealkylation sites (tertiary alicyclic amines) is 1. The third-order valence-electron chi connectivity index (χ3n) is 9.87. The number of Topliss-reactive ketones (excluding diaryl/α,β-unsaturated/α-hetero) is 4. The Morgan fingerprint density at radius 2 is 1.80 bits per heavy atom. The van der Waals surface area contributed by atoms with Gasteiger partial charge in [-0.1, -0.05) is 6.42 Å². The van der Waals surface area contributed by atoms with E-state index in [0.29, 0.717) is 18.2 Å². The van der Waals surface area contributed by atoms with E-state index in [2.05, 4.69) is 11.8 Å². The van der Waals surface area contributed by atoms with Gasteiger partial charge in [0, 0.05) is 38.3 Å². The maximum absolute atomic E-state index is 14.0. The molecule has 1 amide bonds. The number of phenolic OH excluding ortho intramolecular Hbond substituents is 1. The second kappa shape index (κ2) is 10.3. The second-order valence-electron chi connectivity index (χ2n) is 12.8. The number of rotatable bonds is 5. The summed E-state index contributed by atoms with van der Waals surface area (Å²) in [7, 11) is 6.90. The summed E-state index contributed by atoms with van der Waals surface area (Å²) in [5.74, 6) is -10.3. The molecule has 1 aromatic rings. The number of hydrogen-bond acceptors (Lipinski definition) is 10. The summed E-state index contributed by atoms with van der Waals surface area (Å²) in [6.07, 6.45) is 3.63. The Labute approximate surface area is 239 Å². The van der Waals surface area contributed by atoms with Crippen molar-refractivity contribution in [1.82, 2.24) is 9.80 Å². The van der Waals surface area contributed by atoms with Gasteiger partial charge in [-0.05, 0) is 76.4 Å². The molecule has 222 valence electrons. The van der Waals surface area contributed by atoms with E-state index in [1.807, 2.05) is 19.0 Å². The van der Waals surface area contributed by atoms with E-state index < -0.39 is 64.4 Å². The van der Waals surface area contributed by atoms with Gasteiger partial charge in [0.15, 0.2) is 34.7 Å². The lowest BCUT2D eigenvalue weighted by molar-refractivity contribution is -0.181. The molecule has 11 nitrogen and oxygen atoms in total. The number of amides is 1. The van der Waals surface area contributed by atoms with Crippen molar-refractivity contribution < 1.29 is 34.2 Å². The number of benzene rings is 1. The van der Waals surface area contributed by atoms with Gasteiger partial charge in [0.2, 0.25) is 5.91 Å². The zero-order valence-electron chi connectivity index (χ0n) is 24.3. The molecule has 4 N–H and O–H groups in total. The van der Waals surface area contributed by atoms with Gasteiger partial charge < -0.3 is 20.8 Å². The molecule has 2 saturated carbocycles. The second-order valence-corrected chi connectivity index (χ2v) is 12.8.